The van der Waals surface area contributed by atoms with Gasteiger partial charge in [0, 0.05) is 102 Å². The van der Waals surface area contributed by atoms with E-state index in [1.54, 1.807) is 0 Å². The Kier molecular flexibility index (Phi) is 41.3. The molecule has 0 aromatic heterocycles. The molecule has 8 aliphatic carbocycles. The van der Waals surface area contributed by atoms with Gasteiger partial charge in [0.05, 0.1) is 0 Å². The molecule has 18 aliphatic rings. The number of hydrogen-bond donors (Lipinski definition) is 0. The molecule has 18 rings (SSSR count). The van der Waals surface area contributed by atoms with Gasteiger partial charge in [-0.05, 0) is 508 Å². The maximum absolute atomic E-state index is 11.2. The van der Waals surface area contributed by atoms with Crippen LogP contribution in [0.4, 0.5) is 0 Å². The summed E-state index contributed by atoms with van der Waals surface area (Å²) in [6.45, 7) is 86.8. The summed E-state index contributed by atoms with van der Waals surface area (Å²) in [7, 11) is 0. The first-order valence-electron chi connectivity index (χ1n) is 57.5. The first-order chi connectivity index (χ1) is 60.6. The molecule has 10 aliphatic heterocycles. The van der Waals surface area contributed by atoms with Crippen molar-refractivity contribution in [1.29, 1.82) is 0 Å². The van der Waals surface area contributed by atoms with E-state index in [9.17, 15) is 4.79 Å². The molecular formula is C120H231N9O2. The van der Waals surface area contributed by atoms with Gasteiger partial charge < -0.3 is 4.74 Å². The van der Waals surface area contributed by atoms with E-state index >= 15 is 0 Å². The van der Waals surface area contributed by atoms with Gasteiger partial charge >= 0.3 is 5.97 Å². The number of hydrogen-bond acceptors (Lipinski definition) is 11. The predicted molar refractivity (Wildman–Crippen MR) is 571 cm³/mol. The zero-order chi connectivity index (χ0) is 95.1. The Morgan fingerprint density at radius 1 is 0.168 bits per heavy atom. The number of ether oxygens (including phenoxy) is 1. The third kappa shape index (κ3) is 34.2. The summed E-state index contributed by atoms with van der Waals surface area (Å²) in [6.07, 6.45) is 79.6. The van der Waals surface area contributed by atoms with Crippen LogP contribution in [0.1, 0.15) is 548 Å². The second-order valence-electron chi connectivity index (χ2n) is 57.9. The highest BCUT2D eigenvalue weighted by Gasteiger charge is 2.50. The molecule has 0 radical (unpaired) electrons. The SMILES string of the molecule is C.CC(C)(C)N1CCC2(CCC(=O)O2)CC1.CC(C)(C)N1CCC2(CCCC2)CC1.CC(C)(C)N1CCC2(CCCC2)CC1.CC(C)(C)N1CCC2(CCCCC2)C1.CC(C)(C)N1CCC2(CCCCC2)C1.CC(C)(C)N1CCC2(CCCCC2)C1.CC(C)(C)N1CCC2(CCCCC2)CC1.CC(C)(C)N1CCC2(CCCCC2)CC1.CC(C)(C)N1CCC2(CCCCC2)CC1. The summed E-state index contributed by atoms with van der Waals surface area (Å²) in [4.78, 5) is 35.1. The molecule has 0 amide bonds. The van der Waals surface area contributed by atoms with Crippen molar-refractivity contribution in [3.05, 3.63) is 0 Å². The van der Waals surface area contributed by atoms with Gasteiger partial charge in [0.25, 0.3) is 0 Å². The predicted octanol–water partition coefficient (Wildman–Crippen LogP) is 31.3. The average Bonchev–Trinajstić information content (AvgIpc) is 1.79. The van der Waals surface area contributed by atoms with Crippen molar-refractivity contribution < 1.29 is 9.53 Å². The van der Waals surface area contributed by atoms with E-state index in [2.05, 4.69) is 231 Å². The summed E-state index contributed by atoms with van der Waals surface area (Å²) >= 11 is 0. The maximum atomic E-state index is 11.2. The standard InChI is InChI=1S/3C14H27N.5C13H25N.C12H21NO2.CH4/c3*1-13(2,3)15-11-9-14(10-12-15)7-5-4-6-8-14;2*1-12(2,3)14-10-8-13(9-11-14)6-4-5-7-13;3*1-12(2,3)14-10-9-13(11-14)7-5-4-6-8-13;1-11(2,3)13-8-6-12(7-9-13)5-4-10(14)15-12;/h3*4-12H2,1-3H3;5*4-11H2,1-3H3;4-9H2,1-3H3;1H4. The van der Waals surface area contributed by atoms with E-state index in [0.29, 0.717) is 50.7 Å². The Balaban J connectivity index is 0.000000166. The normalized spacial score (nSPS) is 28.0. The van der Waals surface area contributed by atoms with E-state index in [0.717, 1.165) is 75.7 Å². The summed E-state index contributed by atoms with van der Waals surface area (Å²) < 4.78 is 5.49. The van der Waals surface area contributed by atoms with Gasteiger partial charge in [0.1, 0.15) is 5.60 Å². The van der Waals surface area contributed by atoms with Crippen molar-refractivity contribution in [1.82, 2.24) is 44.1 Å². The minimum absolute atomic E-state index is 0. The van der Waals surface area contributed by atoms with E-state index in [-0.39, 0.29) is 24.5 Å². The monoisotopic (exact) mass is 1830 g/mol. The number of carbonyl (C=O) groups excluding carboxylic acids is 1. The third-order valence-corrected chi connectivity index (χ3v) is 39.6. The van der Waals surface area contributed by atoms with Crippen LogP contribution >= 0.6 is 0 Å². The van der Waals surface area contributed by atoms with E-state index < -0.39 is 0 Å². The smallest absolute Gasteiger partial charge is 0.306 e. The van der Waals surface area contributed by atoms with Gasteiger partial charge in [-0.25, -0.2) is 0 Å². The fourth-order valence-electron chi connectivity index (χ4n) is 29.2. The molecule has 0 bridgehead atoms. The molecule has 131 heavy (non-hydrogen) atoms. The van der Waals surface area contributed by atoms with Crippen molar-refractivity contribution in [2.45, 2.75) is 603 Å². The Bertz CT molecular complexity index is 2910. The molecule has 8 saturated carbocycles. The highest BCUT2D eigenvalue weighted by molar-refractivity contribution is 5.72. The van der Waals surface area contributed by atoms with Crippen molar-refractivity contribution in [2.24, 2.45) is 43.3 Å². The Morgan fingerprint density at radius 2 is 0.298 bits per heavy atom. The molecule has 0 aromatic carbocycles. The van der Waals surface area contributed by atoms with Gasteiger partial charge in [-0.15, -0.1) is 0 Å². The molecular weight excluding hydrogens is 1600 g/mol. The summed E-state index contributed by atoms with van der Waals surface area (Å²) in [5.41, 5.74) is 9.28. The number of carbonyl (C=O) groups is 1. The molecule has 0 N–H and O–H groups in total. The Labute approximate surface area is 818 Å². The molecule has 10 heterocycles. The van der Waals surface area contributed by atoms with Crippen LogP contribution in [0, 0.1) is 43.3 Å². The summed E-state index contributed by atoms with van der Waals surface area (Å²) in [6, 6.07) is 0. The van der Waals surface area contributed by atoms with E-state index in [1.165, 1.54) is 432 Å². The number of nitrogens with zero attached hydrogens (tertiary/aromatic N) is 9. The lowest BCUT2D eigenvalue weighted by Gasteiger charge is -2.48. The summed E-state index contributed by atoms with van der Waals surface area (Å²) in [5, 5.41) is 0. The highest BCUT2D eigenvalue weighted by Crippen LogP contribution is 2.54. The van der Waals surface area contributed by atoms with Crippen LogP contribution in [0.25, 0.3) is 0 Å². The quantitative estimate of drug-likeness (QED) is 0.218. The number of rotatable bonds is 0. The van der Waals surface area contributed by atoms with Gasteiger partial charge in [-0.1, -0.05) is 149 Å². The second kappa shape index (κ2) is 47.5. The minimum Gasteiger partial charge on any atom is -0.459 e. The lowest BCUT2D eigenvalue weighted by atomic mass is 9.68. The molecule has 11 heteroatoms. The highest BCUT2D eigenvalue weighted by atomic mass is 16.6. The molecule has 0 aromatic rings. The summed E-state index contributed by atoms with van der Waals surface area (Å²) in [5.74, 6) is -0.000733. The van der Waals surface area contributed by atoms with Crippen LogP contribution in [0.15, 0.2) is 0 Å². The molecule has 0 atom stereocenters. The fourth-order valence-corrected chi connectivity index (χ4v) is 29.2. The van der Waals surface area contributed by atoms with Crippen LogP contribution in [0.5, 0.6) is 0 Å². The zero-order valence-electron chi connectivity index (χ0n) is 93.0. The number of esters is 1. The van der Waals surface area contributed by atoms with Crippen molar-refractivity contribution in [3.63, 3.8) is 0 Å². The first kappa shape index (κ1) is 114. The van der Waals surface area contributed by atoms with Gasteiger partial charge in [-0.2, -0.15) is 0 Å². The van der Waals surface area contributed by atoms with Crippen LogP contribution in [-0.2, 0) is 9.53 Å². The zero-order valence-corrected chi connectivity index (χ0v) is 93.0. The van der Waals surface area contributed by atoms with Crippen LogP contribution in [-0.4, -0.2) is 223 Å². The number of piperidine rings is 6. The third-order valence-electron chi connectivity index (χ3n) is 39.6. The lowest BCUT2D eigenvalue weighted by Crippen LogP contribution is -2.51. The molecule has 10 saturated heterocycles. The second-order valence-corrected chi connectivity index (χ2v) is 57.9. The fraction of sp³-hybridized carbons (Fsp3) is 0.992. The van der Waals surface area contributed by atoms with Crippen molar-refractivity contribution in [2.75, 3.05) is 118 Å². The van der Waals surface area contributed by atoms with Crippen LogP contribution < -0.4 is 0 Å². The Hall–Kier alpha value is -0.890. The molecule has 11 nitrogen and oxygen atoms in total. The molecule has 9 spiro atoms. The van der Waals surface area contributed by atoms with Gasteiger partial charge in [0.15, 0.2) is 0 Å². The van der Waals surface area contributed by atoms with Gasteiger partial charge in [-0.3, -0.25) is 48.9 Å². The largest absolute Gasteiger partial charge is 0.459 e. The minimum atomic E-state index is -0.0984. The molecule has 18 fully saturated rings. The lowest BCUT2D eigenvalue weighted by molar-refractivity contribution is -0.152. The van der Waals surface area contributed by atoms with Crippen LogP contribution in [0.3, 0.4) is 0 Å². The maximum Gasteiger partial charge on any atom is 0.306 e. The molecule has 768 valence electrons. The van der Waals surface area contributed by atoms with Crippen molar-refractivity contribution >= 4 is 5.97 Å². The van der Waals surface area contributed by atoms with E-state index in [1.807, 2.05) is 0 Å². The van der Waals surface area contributed by atoms with E-state index in [4.69, 9.17) is 4.74 Å². The Morgan fingerprint density at radius 3 is 0.435 bits per heavy atom. The molecule has 0 unspecified atom stereocenters. The van der Waals surface area contributed by atoms with Crippen LogP contribution in [0.2, 0.25) is 0 Å². The average molecular weight is 1830 g/mol. The topological polar surface area (TPSA) is 55.5 Å². The van der Waals surface area contributed by atoms with Crippen molar-refractivity contribution in [3.8, 4) is 0 Å². The number of likely N-dealkylation sites (tertiary alicyclic amines) is 9. The van der Waals surface area contributed by atoms with Gasteiger partial charge in [0.2, 0.25) is 0 Å². The first-order valence-corrected chi connectivity index (χ1v) is 57.5.